The van der Waals surface area contributed by atoms with Crippen molar-refractivity contribution in [2.75, 3.05) is 14.8 Å². The number of halogens is 8. The predicted octanol–water partition coefficient (Wildman–Crippen LogP) is 3.28. The van der Waals surface area contributed by atoms with Gasteiger partial charge in [-0.25, -0.2) is 0 Å². The van der Waals surface area contributed by atoms with E-state index in [1.54, 1.807) is 0 Å². The fraction of sp³-hybridized carbons (Fsp3) is 0.917. The summed E-state index contributed by atoms with van der Waals surface area (Å²) in [6, 6.07) is 0. The van der Waals surface area contributed by atoms with Gasteiger partial charge in [0.05, 0.1) is 0 Å². The summed E-state index contributed by atoms with van der Waals surface area (Å²) in [5.41, 5.74) is -4.91. The molecule has 0 radical (unpaired) electrons. The van der Waals surface area contributed by atoms with Crippen molar-refractivity contribution in [1.82, 2.24) is 3.53 Å². The third-order valence-corrected chi connectivity index (χ3v) is 12.7. The summed E-state index contributed by atoms with van der Waals surface area (Å²) in [7, 11) is 0. The van der Waals surface area contributed by atoms with Gasteiger partial charge in [-0.2, -0.15) is 0 Å². The van der Waals surface area contributed by atoms with Gasteiger partial charge in [0.25, 0.3) is 0 Å². The zero-order valence-electron chi connectivity index (χ0n) is 13.2. The van der Waals surface area contributed by atoms with Gasteiger partial charge >= 0.3 is 151 Å². The van der Waals surface area contributed by atoms with Gasteiger partial charge in [0.1, 0.15) is 0 Å². The van der Waals surface area contributed by atoms with Crippen molar-refractivity contribution in [1.29, 1.82) is 0 Å². The summed E-state index contributed by atoms with van der Waals surface area (Å²) < 4.78 is 83.5. The van der Waals surface area contributed by atoms with E-state index in [0.717, 1.165) is 6.92 Å². The molecular weight excluding hydrogens is 574 g/mol. The average molecular weight is 593 g/mol. The van der Waals surface area contributed by atoms with Gasteiger partial charge in [-0.15, -0.1) is 0 Å². The van der Waals surface area contributed by atoms with Gasteiger partial charge in [-0.1, -0.05) is 0 Å². The van der Waals surface area contributed by atoms with Crippen molar-refractivity contribution in [3.05, 3.63) is 0 Å². The molecule has 4 nitrogen and oxygen atoms in total. The van der Waals surface area contributed by atoms with E-state index in [1.807, 2.05) is 14.8 Å². The molecule has 24 heavy (non-hydrogen) atoms. The van der Waals surface area contributed by atoms with Crippen molar-refractivity contribution < 1.29 is 41.0 Å². The van der Waals surface area contributed by atoms with Crippen LogP contribution in [0.1, 0.15) is 13.3 Å². The van der Waals surface area contributed by atoms with Crippen LogP contribution in [0.5, 0.6) is 0 Å². The molecule has 0 aromatic carbocycles. The number of carbonyl (C=O) groups excluding carboxylic acids is 1. The average Bonchev–Trinajstić information content (AvgIpc) is 3.01. The van der Waals surface area contributed by atoms with E-state index in [4.69, 9.17) is 9.84 Å². The first-order valence-corrected chi connectivity index (χ1v) is 16.6. The minimum atomic E-state index is -5.92. The minimum absolute atomic E-state index is 0.00165. The first kappa shape index (κ1) is 22.5. The molecule has 0 saturated carbocycles. The first-order chi connectivity index (χ1) is 10.6. The van der Waals surface area contributed by atoms with Crippen molar-refractivity contribution in [2.24, 2.45) is 0 Å². The molecule has 146 valence electrons. The summed E-state index contributed by atoms with van der Waals surface area (Å²) in [5, 5.41) is 9.14. The second-order valence-corrected chi connectivity index (χ2v) is 16.5. The van der Waals surface area contributed by atoms with Gasteiger partial charge in [-0.05, 0) is 0 Å². The normalized spacial score (nSPS) is 23.5. The molecule has 0 aliphatic carbocycles. The van der Waals surface area contributed by atoms with Gasteiger partial charge in [0.15, 0.2) is 0 Å². The van der Waals surface area contributed by atoms with Crippen LogP contribution in [0, 0.1) is 0 Å². The van der Waals surface area contributed by atoms with Crippen LogP contribution in [-0.4, -0.2) is 57.9 Å². The van der Waals surface area contributed by atoms with Crippen LogP contribution in [0.15, 0.2) is 0 Å². The van der Waals surface area contributed by atoms with Crippen LogP contribution in [0.25, 0.3) is 0 Å². The van der Waals surface area contributed by atoms with Crippen molar-refractivity contribution in [3.8, 4) is 0 Å². The van der Waals surface area contributed by atoms with Crippen LogP contribution in [0.3, 0.4) is 0 Å². The standard InChI is InChI=1S/C12H19F6I2NO3/c1-6(5-10(23,11(13,14)15)12(16,17)18)24-9(22)7(19(2)3)8-20(4)21-8/h6-8,21,23H,5H2,1-4H3. The molecule has 12 heteroatoms. The Bertz CT molecular complexity index is 457. The van der Waals surface area contributed by atoms with Gasteiger partial charge in [0, 0.05) is 0 Å². The first-order valence-electron chi connectivity index (χ1n) is 6.51. The molecular formula is C12H19F6I2NO3. The molecule has 1 heterocycles. The number of carbonyl (C=O) groups is 1. The van der Waals surface area contributed by atoms with E-state index in [9.17, 15) is 31.1 Å². The summed E-state index contributed by atoms with van der Waals surface area (Å²) in [5.74, 6) is -0.774. The van der Waals surface area contributed by atoms with Crippen LogP contribution in [0.4, 0.5) is 26.3 Å². The number of alkyl halides is 11. The summed E-state index contributed by atoms with van der Waals surface area (Å²) in [6.45, 7) is 0.921. The molecule has 1 fully saturated rings. The zero-order valence-corrected chi connectivity index (χ0v) is 17.5. The number of rotatable bonds is 6. The monoisotopic (exact) mass is 593 g/mol. The van der Waals surface area contributed by atoms with E-state index in [0.29, 0.717) is 0 Å². The van der Waals surface area contributed by atoms with E-state index in [1.165, 1.54) is 0 Å². The quantitative estimate of drug-likeness (QED) is 0.0945. The van der Waals surface area contributed by atoms with E-state index < -0.39 is 80.3 Å². The van der Waals surface area contributed by atoms with E-state index >= 15 is 0 Å². The molecule has 3 atom stereocenters. The molecule has 0 amide bonds. The summed E-state index contributed by atoms with van der Waals surface area (Å²) in [6.07, 6.45) is -15.3. The van der Waals surface area contributed by atoms with Crippen LogP contribution >= 0.6 is 39.9 Å². The SMILES string of the molecule is CC(CC(O)(C(F)(F)F)C(F)(F)F)OC(=O)C(C1NI1C)I(C)C. The molecule has 3 unspecified atom stereocenters. The second-order valence-electron chi connectivity index (χ2n) is 5.55. The van der Waals surface area contributed by atoms with Crippen LogP contribution in [0.2, 0.25) is 0 Å². The molecule has 0 aromatic rings. The second kappa shape index (κ2) is 7.58. The van der Waals surface area contributed by atoms with Crippen LogP contribution in [-0.2, 0) is 9.53 Å². The number of hydrogen-bond acceptors (Lipinski definition) is 4. The molecule has 1 rings (SSSR count). The van der Waals surface area contributed by atoms with E-state index in [-0.39, 0.29) is 4.05 Å². The Labute approximate surface area is 150 Å². The molecule has 2 N–H and O–H groups in total. The molecule has 1 aliphatic heterocycles. The number of hydrogen-bond donors (Lipinski definition) is 2. The Kier molecular flexibility index (Phi) is 7.10. The Hall–Kier alpha value is 0.430. The fourth-order valence-electron chi connectivity index (χ4n) is 1.99. The van der Waals surface area contributed by atoms with Crippen molar-refractivity contribution >= 4 is 45.9 Å². The van der Waals surface area contributed by atoms with Gasteiger partial charge in [0.2, 0.25) is 0 Å². The zero-order chi connectivity index (χ0) is 19.1. The molecule has 1 aliphatic rings. The molecule has 1 saturated heterocycles. The van der Waals surface area contributed by atoms with Crippen molar-refractivity contribution in [3.63, 3.8) is 0 Å². The Morgan fingerprint density at radius 3 is 1.96 bits per heavy atom. The number of nitrogens with one attached hydrogen (secondary N) is 1. The number of esters is 1. The predicted molar refractivity (Wildman–Crippen MR) is 93.8 cm³/mol. The van der Waals surface area contributed by atoms with Gasteiger partial charge < -0.3 is 0 Å². The van der Waals surface area contributed by atoms with Crippen LogP contribution < -0.4 is 3.53 Å². The third-order valence-electron chi connectivity index (χ3n) is 3.37. The third kappa shape index (κ3) is 4.99. The Morgan fingerprint density at radius 2 is 1.67 bits per heavy atom. The maximum atomic E-state index is 12.7. The number of aliphatic hydroxyl groups is 1. The summed E-state index contributed by atoms with van der Waals surface area (Å²) in [4.78, 5) is 17.9. The molecule has 0 spiro atoms. The maximum absolute atomic E-state index is 12.7. The number of ether oxygens (including phenoxy) is 1. The molecule has 0 aromatic heterocycles. The Balaban J connectivity index is 2.83. The Morgan fingerprint density at radius 1 is 1.25 bits per heavy atom. The summed E-state index contributed by atoms with van der Waals surface area (Å²) >= 11 is -3.14. The van der Waals surface area contributed by atoms with E-state index in [2.05, 4.69) is 3.53 Å². The molecule has 0 bridgehead atoms. The topological polar surface area (TPSA) is 68.5 Å². The van der Waals surface area contributed by atoms with Gasteiger partial charge in [-0.3, -0.25) is 0 Å². The fourth-order valence-corrected chi connectivity index (χ4v) is 15.7. The van der Waals surface area contributed by atoms with Crippen molar-refractivity contribution in [2.45, 2.75) is 45.4 Å².